The first kappa shape index (κ1) is 8.60. The van der Waals surface area contributed by atoms with Gasteiger partial charge in [0.15, 0.2) is 0 Å². The molecule has 2 saturated heterocycles. The van der Waals surface area contributed by atoms with E-state index in [1.54, 1.807) is 0 Å². The SMILES string of the molecule is C[C@H]1CO/C(=C2/C(=O)OC[C@H]2C)C1. The predicted octanol–water partition coefficient (Wildman–Crippen LogP) is 1.49. The van der Waals surface area contributed by atoms with Crippen LogP contribution in [-0.2, 0) is 14.3 Å². The molecule has 0 bridgehead atoms. The van der Waals surface area contributed by atoms with Crippen molar-refractivity contribution in [3.05, 3.63) is 11.3 Å². The maximum absolute atomic E-state index is 11.3. The third-order valence-corrected chi connectivity index (χ3v) is 2.55. The maximum Gasteiger partial charge on any atom is 0.337 e. The fourth-order valence-electron chi connectivity index (χ4n) is 1.82. The van der Waals surface area contributed by atoms with E-state index in [4.69, 9.17) is 9.47 Å². The quantitative estimate of drug-likeness (QED) is 0.420. The molecule has 3 nitrogen and oxygen atoms in total. The molecule has 0 aromatic rings. The highest BCUT2D eigenvalue weighted by Gasteiger charge is 2.33. The Labute approximate surface area is 77.7 Å². The van der Waals surface area contributed by atoms with Gasteiger partial charge in [0, 0.05) is 12.3 Å². The van der Waals surface area contributed by atoms with E-state index in [2.05, 4.69) is 6.92 Å². The maximum atomic E-state index is 11.3. The second-order valence-electron chi connectivity index (χ2n) is 3.96. The van der Waals surface area contributed by atoms with Crippen molar-refractivity contribution < 1.29 is 14.3 Å². The molecule has 2 heterocycles. The van der Waals surface area contributed by atoms with Gasteiger partial charge < -0.3 is 9.47 Å². The van der Waals surface area contributed by atoms with E-state index < -0.39 is 0 Å². The standard InChI is InChI=1S/C10H14O3/c1-6-3-8(12-4-6)9-7(2)5-13-10(9)11/h6-7H,3-5H2,1-2H3/b9-8+/t6-,7-/m1/s1. The smallest absolute Gasteiger partial charge is 0.337 e. The second kappa shape index (κ2) is 3.05. The number of carbonyl (C=O) groups is 1. The first-order valence-electron chi connectivity index (χ1n) is 4.71. The van der Waals surface area contributed by atoms with Crippen LogP contribution in [0.5, 0.6) is 0 Å². The van der Waals surface area contributed by atoms with Crippen molar-refractivity contribution in [1.29, 1.82) is 0 Å². The molecule has 2 atom stereocenters. The zero-order valence-electron chi connectivity index (χ0n) is 8.00. The summed E-state index contributed by atoms with van der Waals surface area (Å²) in [5.74, 6) is 1.41. The molecule has 72 valence electrons. The molecule has 2 aliphatic heterocycles. The van der Waals surface area contributed by atoms with Gasteiger partial charge in [-0.2, -0.15) is 0 Å². The molecular weight excluding hydrogens is 168 g/mol. The molecular formula is C10H14O3. The molecule has 2 rings (SSSR count). The fraction of sp³-hybridized carbons (Fsp3) is 0.700. The molecule has 3 heteroatoms. The Kier molecular flexibility index (Phi) is 2.02. The van der Waals surface area contributed by atoms with Gasteiger partial charge in [-0.15, -0.1) is 0 Å². The van der Waals surface area contributed by atoms with Crippen LogP contribution in [-0.4, -0.2) is 19.2 Å². The molecule has 0 aromatic heterocycles. The number of hydrogen-bond donors (Lipinski definition) is 0. The van der Waals surface area contributed by atoms with Gasteiger partial charge in [0.2, 0.25) is 0 Å². The van der Waals surface area contributed by atoms with Crippen molar-refractivity contribution in [3.8, 4) is 0 Å². The van der Waals surface area contributed by atoms with E-state index in [9.17, 15) is 4.79 Å². The Hall–Kier alpha value is -0.990. The molecule has 0 unspecified atom stereocenters. The minimum absolute atomic E-state index is 0.184. The summed E-state index contributed by atoms with van der Waals surface area (Å²) in [6, 6.07) is 0. The van der Waals surface area contributed by atoms with E-state index in [1.165, 1.54) is 0 Å². The lowest BCUT2D eigenvalue weighted by atomic mass is 10.0. The molecule has 0 radical (unpaired) electrons. The van der Waals surface area contributed by atoms with Crippen molar-refractivity contribution in [2.75, 3.05) is 13.2 Å². The molecule has 0 amide bonds. The molecule has 13 heavy (non-hydrogen) atoms. The zero-order valence-corrected chi connectivity index (χ0v) is 8.00. The number of allylic oxidation sites excluding steroid dienone is 1. The summed E-state index contributed by atoms with van der Waals surface area (Å²) in [4.78, 5) is 11.3. The third-order valence-electron chi connectivity index (χ3n) is 2.55. The number of esters is 1. The molecule has 0 N–H and O–H groups in total. The van der Waals surface area contributed by atoms with Crippen molar-refractivity contribution in [2.24, 2.45) is 11.8 Å². The average Bonchev–Trinajstić information content (AvgIpc) is 2.60. The van der Waals surface area contributed by atoms with Crippen LogP contribution >= 0.6 is 0 Å². The molecule has 0 spiro atoms. The highest BCUT2D eigenvalue weighted by Crippen LogP contribution is 2.32. The van der Waals surface area contributed by atoms with Gasteiger partial charge in [-0.05, 0) is 5.92 Å². The lowest BCUT2D eigenvalue weighted by Crippen LogP contribution is -2.03. The molecule has 0 saturated carbocycles. The number of ether oxygens (including phenoxy) is 2. The Morgan fingerprint density at radius 1 is 1.23 bits per heavy atom. The average molecular weight is 182 g/mol. The summed E-state index contributed by atoms with van der Waals surface area (Å²) in [6.07, 6.45) is 0.884. The van der Waals surface area contributed by atoms with Crippen LogP contribution in [0.15, 0.2) is 11.3 Å². The van der Waals surface area contributed by atoms with Crippen LogP contribution in [0, 0.1) is 11.8 Å². The fourth-order valence-corrected chi connectivity index (χ4v) is 1.82. The van der Waals surface area contributed by atoms with Gasteiger partial charge in [-0.25, -0.2) is 4.79 Å². The summed E-state index contributed by atoms with van der Waals surface area (Å²) >= 11 is 0. The van der Waals surface area contributed by atoms with Crippen molar-refractivity contribution in [3.63, 3.8) is 0 Å². The number of rotatable bonds is 0. The van der Waals surface area contributed by atoms with Crippen LogP contribution in [0.4, 0.5) is 0 Å². The minimum atomic E-state index is -0.184. The molecule has 2 fully saturated rings. The zero-order chi connectivity index (χ0) is 9.42. The summed E-state index contributed by atoms with van der Waals surface area (Å²) in [5, 5.41) is 0. The van der Waals surface area contributed by atoms with E-state index in [0.717, 1.165) is 24.4 Å². The Morgan fingerprint density at radius 2 is 2.00 bits per heavy atom. The number of carbonyl (C=O) groups excluding carboxylic acids is 1. The van der Waals surface area contributed by atoms with Gasteiger partial charge in [0.25, 0.3) is 0 Å². The van der Waals surface area contributed by atoms with E-state index in [1.807, 2.05) is 6.92 Å². The van der Waals surface area contributed by atoms with Gasteiger partial charge in [-0.3, -0.25) is 0 Å². The van der Waals surface area contributed by atoms with Gasteiger partial charge in [-0.1, -0.05) is 13.8 Å². The molecule has 0 aliphatic carbocycles. The summed E-state index contributed by atoms with van der Waals surface area (Å²) < 4.78 is 10.4. The van der Waals surface area contributed by atoms with E-state index in [0.29, 0.717) is 12.5 Å². The van der Waals surface area contributed by atoms with Crippen LogP contribution in [0.25, 0.3) is 0 Å². The molecule has 0 aromatic carbocycles. The number of hydrogen-bond acceptors (Lipinski definition) is 3. The second-order valence-corrected chi connectivity index (χ2v) is 3.96. The minimum Gasteiger partial charge on any atom is -0.497 e. The van der Waals surface area contributed by atoms with Crippen molar-refractivity contribution in [2.45, 2.75) is 20.3 Å². The Balaban J connectivity index is 2.26. The van der Waals surface area contributed by atoms with Gasteiger partial charge in [0.05, 0.1) is 18.8 Å². The summed E-state index contributed by atoms with van der Waals surface area (Å²) in [6.45, 7) is 5.37. The monoisotopic (exact) mass is 182 g/mol. The first-order chi connectivity index (χ1) is 6.18. The molecule has 2 aliphatic rings. The van der Waals surface area contributed by atoms with Crippen LogP contribution in [0.1, 0.15) is 20.3 Å². The normalized spacial score (nSPS) is 39.1. The van der Waals surface area contributed by atoms with E-state index in [-0.39, 0.29) is 11.9 Å². The third kappa shape index (κ3) is 1.43. The van der Waals surface area contributed by atoms with Crippen LogP contribution < -0.4 is 0 Å². The highest BCUT2D eigenvalue weighted by atomic mass is 16.5. The first-order valence-corrected chi connectivity index (χ1v) is 4.71. The van der Waals surface area contributed by atoms with E-state index >= 15 is 0 Å². The van der Waals surface area contributed by atoms with Crippen LogP contribution in [0.3, 0.4) is 0 Å². The Morgan fingerprint density at radius 3 is 2.46 bits per heavy atom. The largest absolute Gasteiger partial charge is 0.497 e. The highest BCUT2D eigenvalue weighted by molar-refractivity contribution is 5.91. The van der Waals surface area contributed by atoms with Crippen molar-refractivity contribution >= 4 is 5.97 Å². The van der Waals surface area contributed by atoms with Gasteiger partial charge in [0.1, 0.15) is 5.76 Å². The Bertz CT molecular complexity index is 267. The van der Waals surface area contributed by atoms with Crippen molar-refractivity contribution in [1.82, 2.24) is 0 Å². The topological polar surface area (TPSA) is 35.5 Å². The lowest BCUT2D eigenvalue weighted by molar-refractivity contribution is -0.135. The van der Waals surface area contributed by atoms with Gasteiger partial charge >= 0.3 is 5.97 Å². The van der Waals surface area contributed by atoms with Crippen LogP contribution in [0.2, 0.25) is 0 Å². The predicted molar refractivity (Wildman–Crippen MR) is 46.9 cm³/mol. The lowest BCUT2D eigenvalue weighted by Gasteiger charge is -2.03. The number of cyclic esters (lactones) is 1. The summed E-state index contributed by atoms with van der Waals surface area (Å²) in [5.41, 5.74) is 0.768. The summed E-state index contributed by atoms with van der Waals surface area (Å²) in [7, 11) is 0.